The van der Waals surface area contributed by atoms with Gasteiger partial charge in [0.2, 0.25) is 0 Å². The number of hydrogen-bond acceptors (Lipinski definition) is 4. The Hall–Kier alpha value is -1.72. The summed E-state index contributed by atoms with van der Waals surface area (Å²) in [5.41, 5.74) is 6.88. The zero-order chi connectivity index (χ0) is 15.1. The first-order chi connectivity index (χ1) is 10.7. The Labute approximate surface area is 129 Å². The number of carbonyl (C=O) groups excluding carboxylic acids is 2. The number of hydrogen-bond donors (Lipinski definition) is 2. The van der Waals surface area contributed by atoms with Gasteiger partial charge in [0.1, 0.15) is 0 Å². The van der Waals surface area contributed by atoms with Gasteiger partial charge < -0.3 is 0 Å². The maximum atomic E-state index is 11.8. The number of carbonyl (C=O) groups is 2. The van der Waals surface area contributed by atoms with Gasteiger partial charge in [-0.2, -0.15) is 10.2 Å². The molecule has 0 aromatic heterocycles. The van der Waals surface area contributed by atoms with E-state index in [0.29, 0.717) is 11.8 Å². The van der Waals surface area contributed by atoms with Gasteiger partial charge in [0.05, 0.1) is 0 Å². The van der Waals surface area contributed by atoms with Crippen molar-refractivity contribution in [1.82, 2.24) is 10.9 Å². The fraction of sp³-hybridized carbons (Fsp3) is 0.750. The molecule has 4 aliphatic carbocycles. The van der Waals surface area contributed by atoms with Crippen molar-refractivity contribution in [3.05, 3.63) is 0 Å². The maximum absolute atomic E-state index is 11.8. The van der Waals surface area contributed by atoms with Gasteiger partial charge in [0.15, 0.2) is 0 Å². The summed E-state index contributed by atoms with van der Waals surface area (Å²) in [6, 6.07) is 0. The summed E-state index contributed by atoms with van der Waals surface area (Å²) in [6.07, 6.45) is 9.21. The smallest absolute Gasteiger partial charge is 0.262 e. The van der Waals surface area contributed by atoms with Crippen molar-refractivity contribution in [2.24, 2.45) is 33.9 Å². The molecule has 0 aromatic carbocycles. The van der Waals surface area contributed by atoms with E-state index in [1.807, 2.05) is 0 Å². The van der Waals surface area contributed by atoms with E-state index in [0.717, 1.165) is 36.1 Å². The zero-order valence-electron chi connectivity index (χ0n) is 12.7. The minimum atomic E-state index is -0.720. The molecule has 4 fully saturated rings. The Kier molecular flexibility index (Phi) is 3.47. The zero-order valence-corrected chi connectivity index (χ0v) is 12.7. The lowest BCUT2D eigenvalue weighted by Crippen LogP contribution is -2.36. The lowest BCUT2D eigenvalue weighted by Gasteiger charge is -2.12. The van der Waals surface area contributed by atoms with Crippen LogP contribution in [-0.4, -0.2) is 23.2 Å². The van der Waals surface area contributed by atoms with E-state index < -0.39 is 11.8 Å². The molecule has 2 N–H and O–H groups in total. The molecule has 4 bridgehead atoms. The van der Waals surface area contributed by atoms with E-state index in [1.54, 1.807) is 0 Å². The Balaban J connectivity index is 1.28. The fourth-order valence-electron chi connectivity index (χ4n) is 4.67. The molecular formula is C16H22N4O2. The van der Waals surface area contributed by atoms with Crippen LogP contribution in [0, 0.1) is 23.7 Å². The SMILES string of the molecule is O=C(NN=C1C[C@H]2CC[C@H]1C2)C(=O)N/N=C1/C[C@H]2CC[C@H]1C2. The number of fused-ring (bicyclic) bond motifs is 4. The average molecular weight is 302 g/mol. The molecule has 4 aliphatic rings. The van der Waals surface area contributed by atoms with Crippen molar-refractivity contribution in [3.8, 4) is 0 Å². The number of nitrogens with one attached hydrogen (secondary N) is 2. The van der Waals surface area contributed by atoms with Crippen LogP contribution in [0.2, 0.25) is 0 Å². The second-order valence-electron chi connectivity index (χ2n) is 7.25. The van der Waals surface area contributed by atoms with Gasteiger partial charge in [-0.15, -0.1) is 0 Å². The maximum Gasteiger partial charge on any atom is 0.331 e. The van der Waals surface area contributed by atoms with Crippen LogP contribution in [-0.2, 0) is 9.59 Å². The van der Waals surface area contributed by atoms with Gasteiger partial charge in [-0.1, -0.05) is 0 Å². The van der Waals surface area contributed by atoms with Crippen molar-refractivity contribution in [2.45, 2.75) is 51.4 Å². The van der Waals surface area contributed by atoms with Gasteiger partial charge in [-0.05, 0) is 75.0 Å². The first-order valence-corrected chi connectivity index (χ1v) is 8.42. The first kappa shape index (κ1) is 13.9. The van der Waals surface area contributed by atoms with Crippen molar-refractivity contribution in [1.29, 1.82) is 0 Å². The monoisotopic (exact) mass is 302 g/mol. The standard InChI is InChI=1S/C16H22N4O2/c21-15(19-17-13-7-9-1-3-11(13)5-9)16(22)20-18-14-8-10-2-4-12(14)6-10/h9-12H,1-8H2,(H,19,21)(H,20,22)/b17-13-,18-14?/t9-,10-,11-,12-/m0/s1. The van der Waals surface area contributed by atoms with E-state index >= 15 is 0 Å². The van der Waals surface area contributed by atoms with Gasteiger partial charge in [0, 0.05) is 11.4 Å². The summed E-state index contributed by atoms with van der Waals surface area (Å²) in [4.78, 5) is 23.5. The predicted octanol–water partition coefficient (Wildman–Crippen LogP) is 1.57. The topological polar surface area (TPSA) is 82.9 Å². The highest BCUT2D eigenvalue weighted by molar-refractivity contribution is 6.35. The molecule has 0 aliphatic heterocycles. The van der Waals surface area contributed by atoms with Crippen LogP contribution in [0.4, 0.5) is 0 Å². The summed E-state index contributed by atoms with van der Waals surface area (Å²) in [5.74, 6) is 1.06. The second-order valence-corrected chi connectivity index (χ2v) is 7.25. The van der Waals surface area contributed by atoms with Crippen LogP contribution in [0.5, 0.6) is 0 Å². The summed E-state index contributed by atoms with van der Waals surface area (Å²) in [6.45, 7) is 0. The number of rotatable bonds is 2. The Morgan fingerprint density at radius 1 is 0.773 bits per heavy atom. The number of nitrogens with zero attached hydrogens (tertiary/aromatic N) is 2. The molecule has 0 aromatic rings. The van der Waals surface area contributed by atoms with Crippen molar-refractivity contribution in [2.75, 3.05) is 0 Å². The molecule has 4 rings (SSSR count). The van der Waals surface area contributed by atoms with Crippen molar-refractivity contribution in [3.63, 3.8) is 0 Å². The van der Waals surface area contributed by atoms with Gasteiger partial charge >= 0.3 is 11.8 Å². The second kappa shape index (κ2) is 5.48. The van der Waals surface area contributed by atoms with Crippen molar-refractivity contribution < 1.29 is 9.59 Å². The van der Waals surface area contributed by atoms with Gasteiger partial charge in [0.25, 0.3) is 0 Å². The van der Waals surface area contributed by atoms with Crippen LogP contribution in [0.1, 0.15) is 51.4 Å². The molecular weight excluding hydrogens is 280 g/mol. The molecule has 4 saturated carbocycles. The van der Waals surface area contributed by atoms with Crippen LogP contribution in [0.25, 0.3) is 0 Å². The van der Waals surface area contributed by atoms with E-state index in [4.69, 9.17) is 0 Å². The third kappa shape index (κ3) is 2.55. The molecule has 0 heterocycles. The van der Waals surface area contributed by atoms with Crippen molar-refractivity contribution >= 4 is 23.2 Å². The molecule has 118 valence electrons. The van der Waals surface area contributed by atoms with E-state index in [1.165, 1.54) is 38.5 Å². The summed E-state index contributed by atoms with van der Waals surface area (Å²) in [5, 5.41) is 8.31. The summed E-state index contributed by atoms with van der Waals surface area (Å²) in [7, 11) is 0. The molecule has 6 nitrogen and oxygen atoms in total. The summed E-state index contributed by atoms with van der Waals surface area (Å²) >= 11 is 0. The fourth-order valence-corrected chi connectivity index (χ4v) is 4.67. The van der Waals surface area contributed by atoms with E-state index in [-0.39, 0.29) is 0 Å². The van der Waals surface area contributed by atoms with Gasteiger partial charge in [-0.3, -0.25) is 9.59 Å². The third-order valence-electron chi connectivity index (χ3n) is 5.83. The minimum Gasteiger partial charge on any atom is -0.262 e. The molecule has 0 unspecified atom stereocenters. The lowest BCUT2D eigenvalue weighted by atomic mass is 9.99. The van der Waals surface area contributed by atoms with Crippen LogP contribution < -0.4 is 10.9 Å². The molecule has 0 saturated heterocycles. The predicted molar refractivity (Wildman–Crippen MR) is 82.1 cm³/mol. The third-order valence-corrected chi connectivity index (χ3v) is 5.83. The Morgan fingerprint density at radius 3 is 1.55 bits per heavy atom. The highest BCUT2D eigenvalue weighted by Gasteiger charge is 2.37. The normalized spacial score (nSPS) is 38.9. The molecule has 0 radical (unpaired) electrons. The number of hydrazone groups is 2. The first-order valence-electron chi connectivity index (χ1n) is 8.42. The molecule has 2 amide bonds. The minimum absolute atomic E-state index is 0.516. The molecule has 0 spiro atoms. The largest absolute Gasteiger partial charge is 0.331 e. The van der Waals surface area contributed by atoms with E-state index in [2.05, 4.69) is 21.1 Å². The summed E-state index contributed by atoms with van der Waals surface area (Å²) < 4.78 is 0. The molecule has 22 heavy (non-hydrogen) atoms. The van der Waals surface area contributed by atoms with Crippen LogP contribution in [0.15, 0.2) is 10.2 Å². The lowest BCUT2D eigenvalue weighted by molar-refractivity contribution is -0.139. The highest BCUT2D eigenvalue weighted by Crippen LogP contribution is 2.43. The highest BCUT2D eigenvalue weighted by atomic mass is 16.2. The van der Waals surface area contributed by atoms with Crippen LogP contribution in [0.3, 0.4) is 0 Å². The van der Waals surface area contributed by atoms with Gasteiger partial charge in [-0.25, -0.2) is 10.9 Å². The average Bonchev–Trinajstić information content (AvgIpc) is 3.30. The Morgan fingerprint density at radius 2 is 1.23 bits per heavy atom. The number of amides is 2. The molecule has 6 heteroatoms. The Bertz CT molecular complexity index is 518. The van der Waals surface area contributed by atoms with E-state index in [9.17, 15) is 9.59 Å². The van der Waals surface area contributed by atoms with Crippen LogP contribution >= 0.6 is 0 Å². The molecule has 4 atom stereocenters. The quantitative estimate of drug-likeness (QED) is 0.599.